The fraction of sp³-hybridized carbons (Fsp3) is 0.462. The van der Waals surface area contributed by atoms with E-state index >= 15 is 0 Å². The van der Waals surface area contributed by atoms with Crippen molar-refractivity contribution < 1.29 is 4.79 Å². The van der Waals surface area contributed by atoms with E-state index in [2.05, 4.69) is 37.4 Å². The van der Waals surface area contributed by atoms with Gasteiger partial charge in [0, 0.05) is 19.3 Å². The van der Waals surface area contributed by atoms with Crippen molar-refractivity contribution in [2.75, 3.05) is 18.9 Å². The van der Waals surface area contributed by atoms with Crippen LogP contribution in [0.4, 0.5) is 5.69 Å². The zero-order valence-electron chi connectivity index (χ0n) is 10.1. The van der Waals surface area contributed by atoms with Crippen LogP contribution in [-0.4, -0.2) is 30.4 Å². The van der Waals surface area contributed by atoms with Crippen molar-refractivity contribution in [3.8, 4) is 0 Å². The van der Waals surface area contributed by atoms with E-state index in [1.54, 1.807) is 4.90 Å². The number of carbonyl (C=O) groups is 1. The molecular weight excluding hydrogens is 200 g/mol. The molecule has 1 aromatic carbocycles. The van der Waals surface area contributed by atoms with Crippen LogP contribution in [-0.2, 0) is 4.79 Å². The van der Waals surface area contributed by atoms with Gasteiger partial charge >= 0.3 is 0 Å². The number of anilines is 1. The van der Waals surface area contributed by atoms with Gasteiger partial charge in [-0.15, -0.1) is 0 Å². The fourth-order valence-electron chi connectivity index (χ4n) is 2.12. The Labute approximate surface area is 96.5 Å². The fourth-order valence-corrected chi connectivity index (χ4v) is 2.12. The smallest absolute Gasteiger partial charge is 0.244 e. The highest BCUT2D eigenvalue weighted by molar-refractivity contribution is 5.86. The largest absolute Gasteiger partial charge is 0.373 e. The first-order valence-corrected chi connectivity index (χ1v) is 5.66. The Morgan fingerprint density at radius 3 is 2.69 bits per heavy atom. The summed E-state index contributed by atoms with van der Waals surface area (Å²) in [7, 11) is 1.85. The summed E-state index contributed by atoms with van der Waals surface area (Å²) < 4.78 is 0. The predicted octanol–water partition coefficient (Wildman–Crippen LogP) is 1.95. The molecule has 0 aromatic heterocycles. The second-order valence-electron chi connectivity index (χ2n) is 4.56. The number of likely N-dealkylation sites (tertiary alicyclic amines) is 1. The Balaban J connectivity index is 2.12. The Morgan fingerprint density at radius 2 is 2.12 bits per heavy atom. The second kappa shape index (κ2) is 4.16. The van der Waals surface area contributed by atoms with Gasteiger partial charge in [-0.2, -0.15) is 0 Å². The monoisotopic (exact) mass is 218 g/mol. The maximum absolute atomic E-state index is 11.8. The number of rotatable bonds is 2. The van der Waals surface area contributed by atoms with E-state index in [0.29, 0.717) is 0 Å². The van der Waals surface area contributed by atoms with Crippen LogP contribution < -0.4 is 5.32 Å². The van der Waals surface area contributed by atoms with Crippen LogP contribution in [0.3, 0.4) is 0 Å². The van der Waals surface area contributed by atoms with Crippen LogP contribution in [0.1, 0.15) is 17.5 Å². The molecule has 1 amide bonds. The summed E-state index contributed by atoms with van der Waals surface area (Å²) in [6.45, 7) is 4.99. The van der Waals surface area contributed by atoms with Crippen LogP contribution in [0, 0.1) is 13.8 Å². The molecule has 1 heterocycles. The minimum Gasteiger partial charge on any atom is -0.373 e. The zero-order valence-corrected chi connectivity index (χ0v) is 10.1. The van der Waals surface area contributed by atoms with Gasteiger partial charge < -0.3 is 10.2 Å². The molecule has 86 valence electrons. The second-order valence-corrected chi connectivity index (χ2v) is 4.56. The van der Waals surface area contributed by atoms with Gasteiger partial charge in [0.25, 0.3) is 0 Å². The van der Waals surface area contributed by atoms with E-state index in [1.807, 2.05) is 7.05 Å². The molecule has 0 spiro atoms. The third-order valence-electron chi connectivity index (χ3n) is 3.14. The molecule has 3 nitrogen and oxygen atoms in total. The maximum Gasteiger partial charge on any atom is 0.244 e. The molecule has 16 heavy (non-hydrogen) atoms. The standard InChI is InChI=1S/C13H18N2O/c1-9-4-5-11(10(2)8-9)14-12-6-7-15(3)13(12)16/h4-5,8,12,14H,6-7H2,1-3H3. The minimum absolute atomic E-state index is 0.0496. The summed E-state index contributed by atoms with van der Waals surface area (Å²) in [6.07, 6.45) is 0.892. The number of likely N-dealkylation sites (N-methyl/N-ethyl adjacent to an activating group) is 1. The van der Waals surface area contributed by atoms with Crippen molar-refractivity contribution in [2.24, 2.45) is 0 Å². The average molecular weight is 218 g/mol. The lowest BCUT2D eigenvalue weighted by molar-refractivity contribution is -0.127. The number of nitrogens with zero attached hydrogens (tertiary/aromatic N) is 1. The Bertz CT molecular complexity index is 414. The van der Waals surface area contributed by atoms with E-state index in [0.717, 1.165) is 18.7 Å². The predicted molar refractivity (Wildman–Crippen MR) is 65.6 cm³/mol. The van der Waals surface area contributed by atoms with E-state index in [4.69, 9.17) is 0 Å². The number of amides is 1. The van der Waals surface area contributed by atoms with Crippen LogP contribution in [0.5, 0.6) is 0 Å². The number of hydrogen-bond donors (Lipinski definition) is 1. The summed E-state index contributed by atoms with van der Waals surface area (Å²) in [6, 6.07) is 6.20. The van der Waals surface area contributed by atoms with Crippen LogP contribution in [0.15, 0.2) is 18.2 Å². The molecule has 1 aliphatic rings. The van der Waals surface area contributed by atoms with Gasteiger partial charge in [0.15, 0.2) is 0 Å². The highest BCUT2D eigenvalue weighted by Crippen LogP contribution is 2.20. The summed E-state index contributed by atoms with van der Waals surface area (Å²) in [5.74, 6) is 0.194. The molecule has 2 rings (SSSR count). The van der Waals surface area contributed by atoms with E-state index < -0.39 is 0 Å². The molecule has 0 saturated carbocycles. The third-order valence-corrected chi connectivity index (χ3v) is 3.14. The topological polar surface area (TPSA) is 32.3 Å². The first-order chi connectivity index (χ1) is 7.58. The summed E-state index contributed by atoms with van der Waals surface area (Å²) in [4.78, 5) is 13.5. The summed E-state index contributed by atoms with van der Waals surface area (Å²) in [5.41, 5.74) is 3.51. The lowest BCUT2D eigenvalue weighted by Crippen LogP contribution is -2.31. The molecule has 0 radical (unpaired) electrons. The van der Waals surface area contributed by atoms with Gasteiger partial charge in [-0.3, -0.25) is 4.79 Å². The first-order valence-electron chi connectivity index (χ1n) is 5.66. The molecule has 0 aliphatic carbocycles. The molecule has 1 aromatic rings. The van der Waals surface area contributed by atoms with Crippen molar-refractivity contribution in [1.82, 2.24) is 4.90 Å². The van der Waals surface area contributed by atoms with Crippen molar-refractivity contribution in [3.63, 3.8) is 0 Å². The SMILES string of the molecule is Cc1ccc(NC2CCN(C)C2=O)c(C)c1. The number of carbonyl (C=O) groups excluding carboxylic acids is 1. The number of aryl methyl sites for hydroxylation is 2. The quantitative estimate of drug-likeness (QED) is 0.822. The Hall–Kier alpha value is -1.51. The average Bonchev–Trinajstić information content (AvgIpc) is 2.54. The highest BCUT2D eigenvalue weighted by atomic mass is 16.2. The Morgan fingerprint density at radius 1 is 1.38 bits per heavy atom. The van der Waals surface area contributed by atoms with Gasteiger partial charge in [-0.1, -0.05) is 17.7 Å². The van der Waals surface area contributed by atoms with Crippen LogP contribution in [0.2, 0.25) is 0 Å². The minimum atomic E-state index is -0.0496. The van der Waals surface area contributed by atoms with Crippen molar-refractivity contribution in [3.05, 3.63) is 29.3 Å². The van der Waals surface area contributed by atoms with Gasteiger partial charge in [0.1, 0.15) is 6.04 Å². The molecule has 1 fully saturated rings. The maximum atomic E-state index is 11.8. The lowest BCUT2D eigenvalue weighted by atomic mass is 10.1. The number of benzene rings is 1. The van der Waals surface area contributed by atoms with Gasteiger partial charge in [0.2, 0.25) is 5.91 Å². The lowest BCUT2D eigenvalue weighted by Gasteiger charge is -2.15. The third kappa shape index (κ3) is 2.03. The summed E-state index contributed by atoms with van der Waals surface area (Å²) in [5, 5.41) is 3.33. The molecule has 3 heteroatoms. The molecular formula is C13H18N2O. The number of nitrogens with one attached hydrogen (secondary N) is 1. The van der Waals surface area contributed by atoms with Crippen molar-refractivity contribution >= 4 is 11.6 Å². The molecule has 1 atom stereocenters. The van der Waals surface area contributed by atoms with E-state index in [-0.39, 0.29) is 11.9 Å². The highest BCUT2D eigenvalue weighted by Gasteiger charge is 2.28. The van der Waals surface area contributed by atoms with Crippen molar-refractivity contribution in [1.29, 1.82) is 0 Å². The van der Waals surface area contributed by atoms with Crippen LogP contribution >= 0.6 is 0 Å². The molecule has 1 unspecified atom stereocenters. The summed E-state index contributed by atoms with van der Waals surface area (Å²) >= 11 is 0. The van der Waals surface area contributed by atoms with E-state index in [1.165, 1.54) is 11.1 Å². The van der Waals surface area contributed by atoms with Gasteiger partial charge in [-0.05, 0) is 31.9 Å². The zero-order chi connectivity index (χ0) is 11.7. The van der Waals surface area contributed by atoms with Crippen molar-refractivity contribution in [2.45, 2.75) is 26.3 Å². The normalized spacial score (nSPS) is 20.3. The molecule has 1 N–H and O–H groups in total. The van der Waals surface area contributed by atoms with Crippen LogP contribution in [0.25, 0.3) is 0 Å². The van der Waals surface area contributed by atoms with Gasteiger partial charge in [-0.25, -0.2) is 0 Å². The molecule has 1 saturated heterocycles. The first kappa shape index (κ1) is 11.0. The van der Waals surface area contributed by atoms with Gasteiger partial charge in [0.05, 0.1) is 0 Å². The Kier molecular flexibility index (Phi) is 2.86. The molecule has 1 aliphatic heterocycles. The van der Waals surface area contributed by atoms with E-state index in [9.17, 15) is 4.79 Å². The molecule has 0 bridgehead atoms. The number of hydrogen-bond acceptors (Lipinski definition) is 2.